The van der Waals surface area contributed by atoms with Crippen molar-refractivity contribution in [1.29, 1.82) is 0 Å². The third kappa shape index (κ3) is 3.77. The summed E-state index contributed by atoms with van der Waals surface area (Å²) in [4.78, 5) is 13.0. The van der Waals surface area contributed by atoms with Crippen molar-refractivity contribution in [3.63, 3.8) is 0 Å². The highest BCUT2D eigenvalue weighted by atomic mass is 32.2. The lowest BCUT2D eigenvalue weighted by atomic mass is 10.2. The molecule has 1 N–H and O–H groups in total. The topological polar surface area (TPSA) is 86.5 Å². The van der Waals surface area contributed by atoms with Gasteiger partial charge in [-0.3, -0.25) is 4.79 Å². The van der Waals surface area contributed by atoms with Crippen molar-refractivity contribution in [3.8, 4) is 23.0 Å². The Labute approximate surface area is 151 Å². The Morgan fingerprint density at radius 2 is 2.16 bits per heavy atom. The fraction of sp³-hybridized carbons (Fsp3) is 0.188. The Bertz CT molecular complexity index is 879. The maximum absolute atomic E-state index is 11.9. The number of nitrogens with one attached hydrogen (secondary N) is 1. The molecule has 3 heterocycles. The second-order valence-electron chi connectivity index (χ2n) is 5.09. The van der Waals surface area contributed by atoms with Gasteiger partial charge in [0.25, 0.3) is 5.22 Å². The molecule has 0 spiro atoms. The minimum Gasteiger partial charge on any atom is -0.454 e. The highest BCUT2D eigenvalue weighted by Gasteiger charge is 2.17. The number of thioether (sulfide) groups is 1. The first-order valence-corrected chi connectivity index (χ1v) is 9.30. The fourth-order valence-corrected chi connectivity index (χ4v) is 3.43. The number of thiophene rings is 1. The van der Waals surface area contributed by atoms with E-state index in [0.29, 0.717) is 29.2 Å². The maximum Gasteiger partial charge on any atom is 0.277 e. The predicted molar refractivity (Wildman–Crippen MR) is 92.7 cm³/mol. The number of hydrogen-bond donors (Lipinski definition) is 1. The summed E-state index contributed by atoms with van der Waals surface area (Å²) in [6.07, 6.45) is 0. The van der Waals surface area contributed by atoms with Crippen molar-refractivity contribution in [2.45, 2.75) is 11.8 Å². The smallest absolute Gasteiger partial charge is 0.277 e. The Hall–Kier alpha value is -2.52. The molecule has 0 bridgehead atoms. The molecule has 9 heteroatoms. The van der Waals surface area contributed by atoms with Gasteiger partial charge in [-0.2, -0.15) is 0 Å². The molecule has 128 valence electrons. The van der Waals surface area contributed by atoms with Crippen LogP contribution in [0.25, 0.3) is 11.5 Å². The fourth-order valence-electron chi connectivity index (χ4n) is 2.19. The molecule has 0 fully saturated rings. The van der Waals surface area contributed by atoms with Crippen LogP contribution in [-0.4, -0.2) is 28.7 Å². The van der Waals surface area contributed by atoms with Crippen LogP contribution in [0.2, 0.25) is 0 Å². The zero-order valence-electron chi connectivity index (χ0n) is 12.9. The van der Waals surface area contributed by atoms with Crippen LogP contribution < -0.4 is 14.8 Å². The van der Waals surface area contributed by atoms with Crippen LogP contribution in [-0.2, 0) is 11.3 Å². The number of amides is 1. The molecular formula is C16H13N3O4S2. The number of carbonyl (C=O) groups is 1. The monoisotopic (exact) mass is 375 g/mol. The minimum atomic E-state index is -0.0822. The number of aromatic nitrogens is 2. The van der Waals surface area contributed by atoms with Crippen LogP contribution in [0.1, 0.15) is 4.88 Å². The van der Waals surface area contributed by atoms with Crippen molar-refractivity contribution in [2.75, 3.05) is 12.5 Å². The van der Waals surface area contributed by atoms with Crippen molar-refractivity contribution in [2.24, 2.45) is 0 Å². The summed E-state index contributed by atoms with van der Waals surface area (Å²) >= 11 is 2.81. The molecule has 0 aliphatic carbocycles. The summed E-state index contributed by atoms with van der Waals surface area (Å²) in [5.41, 5.74) is 0.741. The van der Waals surface area contributed by atoms with Crippen molar-refractivity contribution in [3.05, 3.63) is 40.6 Å². The first-order valence-electron chi connectivity index (χ1n) is 7.43. The number of hydrogen-bond acceptors (Lipinski definition) is 8. The van der Waals surface area contributed by atoms with Crippen molar-refractivity contribution in [1.82, 2.24) is 15.5 Å². The van der Waals surface area contributed by atoms with E-state index in [1.54, 1.807) is 23.5 Å². The number of fused-ring (bicyclic) bond motifs is 1. The molecule has 1 aromatic carbocycles. The zero-order chi connectivity index (χ0) is 17.1. The lowest BCUT2D eigenvalue weighted by Gasteiger charge is -2.01. The number of nitrogens with zero attached hydrogens (tertiary/aromatic N) is 2. The summed E-state index contributed by atoms with van der Waals surface area (Å²) in [5, 5.41) is 13.2. The Morgan fingerprint density at radius 1 is 1.24 bits per heavy atom. The van der Waals surface area contributed by atoms with Crippen molar-refractivity contribution < 1.29 is 18.7 Å². The van der Waals surface area contributed by atoms with Crippen molar-refractivity contribution >= 4 is 29.0 Å². The summed E-state index contributed by atoms with van der Waals surface area (Å²) in [7, 11) is 0. The van der Waals surface area contributed by atoms with E-state index in [4.69, 9.17) is 13.9 Å². The van der Waals surface area contributed by atoms with Gasteiger partial charge in [0, 0.05) is 10.4 Å². The molecule has 4 rings (SSSR count). The quantitative estimate of drug-likeness (QED) is 0.663. The first kappa shape index (κ1) is 16.0. The maximum atomic E-state index is 11.9. The summed E-state index contributed by atoms with van der Waals surface area (Å²) in [6.45, 7) is 0.744. The summed E-state index contributed by atoms with van der Waals surface area (Å²) < 4.78 is 16.2. The van der Waals surface area contributed by atoms with E-state index >= 15 is 0 Å². The van der Waals surface area contributed by atoms with Crippen LogP contribution >= 0.6 is 23.1 Å². The Morgan fingerprint density at radius 3 is 3.04 bits per heavy atom. The SMILES string of the molecule is O=C(CSc1nnc(-c2ccc3c(c2)OCO3)o1)NCc1cccs1. The molecule has 1 aliphatic heterocycles. The summed E-state index contributed by atoms with van der Waals surface area (Å²) in [6, 6.07) is 9.35. The molecule has 1 aliphatic rings. The Balaban J connectivity index is 1.33. The normalized spacial score (nSPS) is 12.3. The molecule has 0 atom stereocenters. The van der Waals surface area contributed by atoms with Gasteiger partial charge in [-0.15, -0.1) is 21.5 Å². The van der Waals surface area contributed by atoms with Gasteiger partial charge in [-0.1, -0.05) is 17.8 Å². The molecule has 0 saturated carbocycles. The predicted octanol–water partition coefficient (Wildman–Crippen LogP) is 2.94. The second-order valence-corrected chi connectivity index (χ2v) is 7.04. The second kappa shape index (κ2) is 7.16. The highest BCUT2D eigenvalue weighted by Crippen LogP contribution is 2.35. The van der Waals surface area contributed by atoms with Gasteiger partial charge in [-0.25, -0.2) is 0 Å². The minimum absolute atomic E-state index is 0.0822. The van der Waals surface area contributed by atoms with Gasteiger partial charge in [0.05, 0.1) is 12.3 Å². The average molecular weight is 375 g/mol. The van der Waals surface area contributed by atoms with Gasteiger partial charge in [0.1, 0.15) is 0 Å². The van der Waals surface area contributed by atoms with Crippen LogP contribution in [0.3, 0.4) is 0 Å². The van der Waals surface area contributed by atoms with E-state index in [1.165, 1.54) is 11.8 Å². The molecule has 0 saturated heterocycles. The van der Waals surface area contributed by atoms with Gasteiger partial charge < -0.3 is 19.2 Å². The van der Waals surface area contributed by atoms with Crippen LogP contribution in [0.15, 0.2) is 45.4 Å². The molecule has 7 nitrogen and oxygen atoms in total. The van der Waals surface area contributed by atoms with E-state index in [-0.39, 0.29) is 18.5 Å². The van der Waals surface area contributed by atoms with E-state index in [9.17, 15) is 4.79 Å². The molecular weight excluding hydrogens is 362 g/mol. The Kier molecular flexibility index (Phi) is 4.57. The van der Waals surface area contributed by atoms with Crippen LogP contribution in [0, 0.1) is 0 Å². The lowest BCUT2D eigenvalue weighted by molar-refractivity contribution is -0.118. The number of ether oxygens (including phenoxy) is 2. The third-order valence-electron chi connectivity index (χ3n) is 3.39. The van der Waals surface area contributed by atoms with Gasteiger partial charge in [-0.05, 0) is 29.6 Å². The first-order chi connectivity index (χ1) is 12.3. The van der Waals surface area contributed by atoms with Crippen LogP contribution in [0.5, 0.6) is 11.5 Å². The number of carbonyl (C=O) groups excluding carboxylic acids is 1. The van der Waals surface area contributed by atoms with E-state index in [1.807, 2.05) is 23.6 Å². The molecule has 25 heavy (non-hydrogen) atoms. The number of rotatable bonds is 6. The van der Waals surface area contributed by atoms with Gasteiger partial charge in [0.2, 0.25) is 18.6 Å². The third-order valence-corrected chi connectivity index (χ3v) is 5.09. The van der Waals surface area contributed by atoms with E-state index < -0.39 is 0 Å². The largest absolute Gasteiger partial charge is 0.454 e. The molecule has 2 aromatic heterocycles. The van der Waals surface area contributed by atoms with E-state index in [0.717, 1.165) is 10.4 Å². The van der Waals surface area contributed by atoms with Crippen LogP contribution in [0.4, 0.5) is 0 Å². The molecule has 0 unspecified atom stereocenters. The molecule has 3 aromatic rings. The van der Waals surface area contributed by atoms with Gasteiger partial charge >= 0.3 is 0 Å². The zero-order valence-corrected chi connectivity index (χ0v) is 14.6. The lowest BCUT2D eigenvalue weighted by Crippen LogP contribution is -2.24. The highest BCUT2D eigenvalue weighted by molar-refractivity contribution is 7.99. The average Bonchev–Trinajstić information content (AvgIpc) is 3.39. The standard InChI is InChI=1S/C16H13N3O4S2/c20-14(17-7-11-2-1-5-24-11)8-25-16-19-18-15(23-16)10-3-4-12-13(6-10)22-9-21-12/h1-6H,7-9H2,(H,17,20). The molecule has 1 amide bonds. The molecule has 0 radical (unpaired) electrons. The van der Waals surface area contributed by atoms with Gasteiger partial charge in [0.15, 0.2) is 11.5 Å². The number of benzene rings is 1. The summed E-state index contributed by atoms with van der Waals surface area (Å²) in [5.74, 6) is 1.85. The van der Waals surface area contributed by atoms with E-state index in [2.05, 4.69) is 15.5 Å².